The minimum absolute atomic E-state index is 0.101. The third-order valence-corrected chi connectivity index (χ3v) is 11.3. The maximum absolute atomic E-state index is 12.9. The van der Waals surface area contributed by atoms with Crippen LogP contribution in [-0.2, 0) is 4.74 Å². The molecule has 0 aliphatic carbocycles. The van der Waals surface area contributed by atoms with Gasteiger partial charge >= 0.3 is 11.9 Å². The van der Waals surface area contributed by atoms with Gasteiger partial charge in [0, 0.05) is 0 Å². The summed E-state index contributed by atoms with van der Waals surface area (Å²) in [4.78, 5) is 25.5. The van der Waals surface area contributed by atoms with E-state index in [2.05, 4.69) is 50.2 Å². The highest BCUT2D eigenvalue weighted by atomic mass is 16.5. The lowest BCUT2D eigenvalue weighted by atomic mass is 10.0. The molecule has 0 spiro atoms. The molecule has 5 rings (SSSR count). The van der Waals surface area contributed by atoms with Crippen molar-refractivity contribution in [3.05, 3.63) is 132 Å². The summed E-state index contributed by atoms with van der Waals surface area (Å²) in [5, 5.41) is 0. The van der Waals surface area contributed by atoms with Gasteiger partial charge in [-0.05, 0) is 147 Å². The molecule has 0 heterocycles. The first-order valence-electron chi connectivity index (χ1n) is 23.7. The summed E-state index contributed by atoms with van der Waals surface area (Å²) in [6.45, 7) is 8.47. The van der Waals surface area contributed by atoms with Crippen LogP contribution in [0.2, 0.25) is 0 Å². The number of carbonyl (C=O) groups excluding carboxylic acids is 2. The predicted octanol–water partition coefficient (Wildman–Crippen LogP) is 15.3. The van der Waals surface area contributed by atoms with Gasteiger partial charge < -0.3 is 23.7 Å². The van der Waals surface area contributed by atoms with Crippen molar-refractivity contribution in [2.24, 2.45) is 0 Å². The average Bonchev–Trinajstić information content (AvgIpc) is 3.31. The molecular weight excluding hydrogens is 785 g/mol. The second kappa shape index (κ2) is 28.2. The summed E-state index contributed by atoms with van der Waals surface area (Å²) < 4.78 is 29.2. The standard InChI is InChI=1S/C56H70O7/c1-4-6-8-10-11-12-13-17-41-59-51-33-25-46(26-34-51)47-27-35-52(36-28-47)60-42-18-14-15-19-43-61-53-37-31-50(32-38-53)56(58)63-54-39-29-48(30-40-54)45-21-23-49(24-22-45)55(57)62-44(3)20-16-9-7-5-2/h21-40,44H,4-20,41-43H2,1-3H3. The zero-order valence-corrected chi connectivity index (χ0v) is 38.1. The Bertz CT molecular complexity index is 2000. The highest BCUT2D eigenvalue weighted by molar-refractivity contribution is 5.91. The largest absolute Gasteiger partial charge is 0.494 e. The van der Waals surface area contributed by atoms with Gasteiger partial charge in [0.2, 0.25) is 0 Å². The quantitative estimate of drug-likeness (QED) is 0.0258. The topological polar surface area (TPSA) is 80.3 Å². The Hall–Kier alpha value is -5.56. The zero-order valence-electron chi connectivity index (χ0n) is 38.1. The van der Waals surface area contributed by atoms with Crippen molar-refractivity contribution in [3.63, 3.8) is 0 Å². The first kappa shape index (κ1) is 48.5. The second-order valence-electron chi connectivity index (χ2n) is 16.6. The minimum atomic E-state index is -0.435. The van der Waals surface area contributed by atoms with E-state index >= 15 is 0 Å². The Balaban J connectivity index is 0.905. The van der Waals surface area contributed by atoms with E-state index in [4.69, 9.17) is 23.7 Å². The third-order valence-electron chi connectivity index (χ3n) is 11.3. The molecule has 5 aromatic carbocycles. The number of ether oxygens (including phenoxy) is 5. The molecule has 0 radical (unpaired) electrons. The molecule has 0 aromatic heterocycles. The summed E-state index contributed by atoms with van der Waals surface area (Å²) >= 11 is 0. The molecule has 0 aliphatic heterocycles. The van der Waals surface area contributed by atoms with E-state index in [1.807, 2.05) is 43.3 Å². The first-order valence-corrected chi connectivity index (χ1v) is 23.7. The fraction of sp³-hybridized carbons (Fsp3) is 0.429. The van der Waals surface area contributed by atoms with Gasteiger partial charge in [0.05, 0.1) is 37.1 Å². The number of hydrogen-bond donors (Lipinski definition) is 0. The van der Waals surface area contributed by atoms with Gasteiger partial charge in [-0.3, -0.25) is 0 Å². The molecule has 7 nitrogen and oxygen atoms in total. The van der Waals surface area contributed by atoms with Crippen LogP contribution in [-0.4, -0.2) is 37.9 Å². The van der Waals surface area contributed by atoms with Gasteiger partial charge in [0.1, 0.15) is 23.0 Å². The average molecular weight is 855 g/mol. The number of hydrogen-bond acceptors (Lipinski definition) is 7. The molecule has 0 saturated carbocycles. The minimum Gasteiger partial charge on any atom is -0.494 e. The van der Waals surface area contributed by atoms with Gasteiger partial charge in [-0.25, -0.2) is 9.59 Å². The first-order chi connectivity index (χ1) is 30.9. The van der Waals surface area contributed by atoms with E-state index in [1.54, 1.807) is 48.5 Å². The van der Waals surface area contributed by atoms with Crippen LogP contribution in [0.1, 0.15) is 151 Å². The Morgan fingerprint density at radius 2 is 0.698 bits per heavy atom. The predicted molar refractivity (Wildman–Crippen MR) is 256 cm³/mol. The normalized spacial score (nSPS) is 11.5. The van der Waals surface area contributed by atoms with E-state index in [9.17, 15) is 9.59 Å². The maximum atomic E-state index is 12.9. The van der Waals surface area contributed by atoms with Crippen LogP contribution >= 0.6 is 0 Å². The van der Waals surface area contributed by atoms with E-state index in [1.165, 1.54) is 69.8 Å². The van der Waals surface area contributed by atoms with Crippen molar-refractivity contribution in [1.82, 2.24) is 0 Å². The molecule has 0 amide bonds. The lowest BCUT2D eigenvalue weighted by molar-refractivity contribution is 0.0319. The summed E-state index contributed by atoms with van der Waals surface area (Å²) in [5.41, 5.74) is 5.20. The van der Waals surface area contributed by atoms with Gasteiger partial charge in [-0.15, -0.1) is 0 Å². The van der Waals surface area contributed by atoms with E-state index in [0.717, 1.165) is 85.5 Å². The van der Waals surface area contributed by atoms with Crippen molar-refractivity contribution in [2.75, 3.05) is 19.8 Å². The lowest BCUT2D eigenvalue weighted by Crippen LogP contribution is -2.15. The number of esters is 2. The Morgan fingerprint density at radius 3 is 1.13 bits per heavy atom. The fourth-order valence-corrected chi connectivity index (χ4v) is 7.39. The molecule has 63 heavy (non-hydrogen) atoms. The molecule has 0 bridgehead atoms. The van der Waals surface area contributed by atoms with Gasteiger partial charge in [-0.2, -0.15) is 0 Å². The molecular formula is C56H70O7. The monoisotopic (exact) mass is 855 g/mol. The number of rotatable bonds is 30. The van der Waals surface area contributed by atoms with Gasteiger partial charge in [0.25, 0.3) is 0 Å². The van der Waals surface area contributed by atoms with E-state index < -0.39 is 5.97 Å². The molecule has 0 N–H and O–H groups in total. The molecule has 1 unspecified atom stereocenters. The second-order valence-corrected chi connectivity index (χ2v) is 16.6. The van der Waals surface area contributed by atoms with Crippen LogP contribution in [0.15, 0.2) is 121 Å². The molecule has 5 aromatic rings. The smallest absolute Gasteiger partial charge is 0.343 e. The molecule has 1 atom stereocenters. The fourth-order valence-electron chi connectivity index (χ4n) is 7.39. The summed E-state index contributed by atoms with van der Waals surface area (Å²) in [6.07, 6.45) is 19.8. The maximum Gasteiger partial charge on any atom is 0.343 e. The van der Waals surface area contributed by atoms with E-state index in [-0.39, 0.29) is 12.1 Å². The van der Waals surface area contributed by atoms with Crippen LogP contribution in [0.25, 0.3) is 22.3 Å². The van der Waals surface area contributed by atoms with Crippen molar-refractivity contribution in [2.45, 2.75) is 136 Å². The zero-order chi connectivity index (χ0) is 44.3. The molecule has 0 aliphatic rings. The Labute approximate surface area is 377 Å². The SMILES string of the molecule is CCCCCCCCCCOc1ccc(-c2ccc(OCCCCCCOc3ccc(C(=O)Oc4ccc(-c5ccc(C(=O)OC(C)CCCCCC)cc5)cc4)cc3)cc2)cc1. The van der Waals surface area contributed by atoms with Gasteiger partial charge in [0.15, 0.2) is 0 Å². The number of carbonyl (C=O) groups is 2. The van der Waals surface area contributed by atoms with Crippen molar-refractivity contribution >= 4 is 11.9 Å². The molecule has 0 saturated heterocycles. The number of benzene rings is 5. The highest BCUT2D eigenvalue weighted by Crippen LogP contribution is 2.27. The van der Waals surface area contributed by atoms with Crippen LogP contribution in [0, 0.1) is 0 Å². The summed E-state index contributed by atoms with van der Waals surface area (Å²) in [5.74, 6) is 2.25. The molecule has 336 valence electrons. The van der Waals surface area contributed by atoms with Crippen molar-refractivity contribution < 1.29 is 33.3 Å². The van der Waals surface area contributed by atoms with Crippen LogP contribution in [0.4, 0.5) is 0 Å². The van der Waals surface area contributed by atoms with Crippen molar-refractivity contribution in [3.8, 4) is 45.3 Å². The third kappa shape index (κ3) is 18.0. The van der Waals surface area contributed by atoms with Crippen LogP contribution in [0.5, 0.6) is 23.0 Å². The lowest BCUT2D eigenvalue weighted by Gasteiger charge is -2.13. The Kier molecular flexibility index (Phi) is 21.7. The van der Waals surface area contributed by atoms with Gasteiger partial charge in [-0.1, -0.05) is 127 Å². The molecule has 0 fully saturated rings. The summed E-state index contributed by atoms with van der Waals surface area (Å²) in [6, 6.07) is 38.4. The number of unbranched alkanes of at least 4 members (excludes halogenated alkanes) is 13. The van der Waals surface area contributed by atoms with E-state index in [0.29, 0.717) is 30.1 Å². The van der Waals surface area contributed by atoms with Crippen molar-refractivity contribution in [1.29, 1.82) is 0 Å². The summed E-state index contributed by atoms with van der Waals surface area (Å²) in [7, 11) is 0. The Morgan fingerprint density at radius 1 is 0.381 bits per heavy atom. The molecule has 7 heteroatoms. The van der Waals surface area contributed by atoms with Crippen LogP contribution in [0.3, 0.4) is 0 Å². The highest BCUT2D eigenvalue weighted by Gasteiger charge is 2.13. The van der Waals surface area contributed by atoms with Crippen LogP contribution < -0.4 is 18.9 Å².